The molecule has 6 N–H and O–H groups in total. The van der Waals surface area contributed by atoms with Crippen molar-refractivity contribution in [2.75, 3.05) is 11.5 Å². The number of para-hydroxylation sites is 1. The second-order valence-electron chi connectivity index (χ2n) is 8.61. The third-order valence-corrected chi connectivity index (χ3v) is 8.50. The third-order valence-electron chi connectivity index (χ3n) is 6.41. The number of rotatable bonds is 5. The number of nitrogen functional groups attached to an aromatic ring is 2. The van der Waals surface area contributed by atoms with E-state index in [1.165, 1.54) is 28.9 Å². The van der Waals surface area contributed by atoms with E-state index in [-0.39, 0.29) is 33.9 Å². The minimum atomic E-state index is -4.47. The summed E-state index contributed by atoms with van der Waals surface area (Å²) < 4.78 is 66.5. The van der Waals surface area contributed by atoms with Crippen LogP contribution in [0.4, 0.5) is 24.7 Å². The number of alkyl halides is 3. The first kappa shape index (κ1) is 24.1. The zero-order valence-electron chi connectivity index (χ0n) is 18.2. The Hall–Kier alpha value is -3.05. The molecule has 3 aromatic rings. The topological polar surface area (TPSA) is 130 Å². The minimum Gasteiger partial charge on any atom is -0.398 e. The largest absolute Gasteiger partial charge is 0.416 e. The molecule has 0 bridgehead atoms. The fourth-order valence-electron chi connectivity index (χ4n) is 4.52. The molecule has 11 heteroatoms. The molecule has 1 aromatic heterocycles. The molecular formula is C23H26F3N5O2S. The number of nitrogens with two attached hydrogens (primary N) is 3. The van der Waals surface area contributed by atoms with Gasteiger partial charge in [-0.3, -0.25) is 0 Å². The van der Waals surface area contributed by atoms with Gasteiger partial charge in [0.05, 0.1) is 27.5 Å². The summed E-state index contributed by atoms with van der Waals surface area (Å²) in [5, 5.41) is 3.39. The van der Waals surface area contributed by atoms with Crippen molar-refractivity contribution in [1.29, 1.82) is 0 Å². The number of aromatic nitrogens is 2. The third kappa shape index (κ3) is 4.62. The van der Waals surface area contributed by atoms with Gasteiger partial charge in [0.1, 0.15) is 11.2 Å². The first-order chi connectivity index (χ1) is 16.0. The molecule has 1 unspecified atom stereocenters. The molecule has 1 fully saturated rings. The van der Waals surface area contributed by atoms with Crippen LogP contribution < -0.4 is 17.2 Å². The predicted molar refractivity (Wildman–Crippen MR) is 124 cm³/mol. The Kier molecular flexibility index (Phi) is 6.34. The van der Waals surface area contributed by atoms with Crippen molar-refractivity contribution < 1.29 is 21.6 Å². The smallest absolute Gasteiger partial charge is 0.398 e. The molecule has 0 spiro atoms. The van der Waals surface area contributed by atoms with E-state index in [0.29, 0.717) is 31.4 Å². The lowest BCUT2D eigenvalue weighted by molar-refractivity contribution is -0.137. The average Bonchev–Trinajstić information content (AvgIpc) is 3.20. The van der Waals surface area contributed by atoms with Gasteiger partial charge < -0.3 is 17.2 Å². The first-order valence-electron chi connectivity index (χ1n) is 10.9. The van der Waals surface area contributed by atoms with Crippen LogP contribution in [0.15, 0.2) is 59.5 Å². The lowest BCUT2D eigenvalue weighted by Crippen LogP contribution is -2.40. The minimum absolute atomic E-state index is 0.00213. The zero-order valence-corrected chi connectivity index (χ0v) is 19.1. The highest BCUT2D eigenvalue weighted by molar-refractivity contribution is 7.92. The normalized spacial score (nSPS) is 20.2. The maximum absolute atomic E-state index is 13.1. The monoisotopic (exact) mass is 493 g/mol. The van der Waals surface area contributed by atoms with Gasteiger partial charge in [-0.2, -0.15) is 18.3 Å². The van der Waals surface area contributed by atoms with E-state index >= 15 is 0 Å². The fourth-order valence-corrected chi connectivity index (χ4v) is 6.26. The number of nitrogens with zero attached hydrogens (tertiary/aromatic N) is 2. The van der Waals surface area contributed by atoms with Crippen molar-refractivity contribution >= 4 is 21.3 Å². The summed E-state index contributed by atoms with van der Waals surface area (Å²) in [5.41, 5.74) is 18.4. The molecule has 0 saturated heterocycles. The van der Waals surface area contributed by atoms with Crippen molar-refractivity contribution in [3.05, 3.63) is 65.9 Å². The predicted octanol–water partition coefficient (Wildman–Crippen LogP) is 4.09. The van der Waals surface area contributed by atoms with Crippen molar-refractivity contribution in [1.82, 2.24) is 9.78 Å². The quantitative estimate of drug-likeness (QED) is 0.459. The molecule has 1 saturated carbocycles. The molecule has 7 nitrogen and oxygen atoms in total. The van der Waals surface area contributed by atoms with Crippen LogP contribution in [0.25, 0.3) is 5.69 Å². The number of anilines is 2. The first-order valence-corrected chi connectivity index (χ1v) is 12.4. The Labute approximate surface area is 195 Å². The average molecular weight is 494 g/mol. The van der Waals surface area contributed by atoms with E-state index in [0.717, 1.165) is 12.1 Å². The molecule has 0 aliphatic heterocycles. The van der Waals surface area contributed by atoms with E-state index in [9.17, 15) is 21.6 Å². The summed E-state index contributed by atoms with van der Waals surface area (Å²) in [4.78, 5) is 0.0391. The number of hydrogen-bond acceptors (Lipinski definition) is 6. The highest BCUT2D eigenvalue weighted by atomic mass is 32.2. The van der Waals surface area contributed by atoms with Crippen LogP contribution >= 0.6 is 0 Å². The molecule has 1 heterocycles. The molecule has 1 atom stereocenters. The lowest BCUT2D eigenvalue weighted by Gasteiger charge is -2.31. The van der Waals surface area contributed by atoms with Crippen LogP contribution in [-0.2, 0) is 16.0 Å². The molecule has 1 aliphatic carbocycles. The van der Waals surface area contributed by atoms with Gasteiger partial charge in [-0.1, -0.05) is 18.2 Å². The highest BCUT2D eigenvalue weighted by Crippen LogP contribution is 2.39. The number of sulfone groups is 1. The summed E-state index contributed by atoms with van der Waals surface area (Å²) in [6.07, 6.45) is -2.07. The van der Waals surface area contributed by atoms with Gasteiger partial charge in [-0.25, -0.2) is 13.1 Å². The summed E-state index contributed by atoms with van der Waals surface area (Å²) in [6, 6.07) is 12.7. The van der Waals surface area contributed by atoms with Gasteiger partial charge in [-0.15, -0.1) is 0 Å². The van der Waals surface area contributed by atoms with Gasteiger partial charge in [0, 0.05) is 12.0 Å². The zero-order chi connectivity index (χ0) is 24.7. The molecule has 182 valence electrons. The van der Waals surface area contributed by atoms with Gasteiger partial charge >= 0.3 is 6.18 Å². The van der Waals surface area contributed by atoms with E-state index in [2.05, 4.69) is 5.10 Å². The summed E-state index contributed by atoms with van der Waals surface area (Å²) in [6.45, 7) is 0. The standard InChI is InChI=1S/C23H26F3N5O2S/c24-23(25,26)16-4-3-5-17(12-16)31-21(28)13-19(30-31)14-8-10-15(11-9-14)22(29)34(32,33)20-7-2-1-6-18(20)27/h1-7,12-15,22H,8-11,27-29H2. The second kappa shape index (κ2) is 8.95. The van der Waals surface area contributed by atoms with Crippen molar-refractivity contribution in [2.45, 2.75) is 48.0 Å². The Bertz CT molecular complexity index is 1280. The van der Waals surface area contributed by atoms with Crippen LogP contribution in [0.5, 0.6) is 0 Å². The van der Waals surface area contributed by atoms with E-state index in [1.807, 2.05) is 0 Å². The molecular weight excluding hydrogens is 467 g/mol. The summed E-state index contributed by atoms with van der Waals surface area (Å²) >= 11 is 0. The molecule has 0 radical (unpaired) electrons. The van der Waals surface area contributed by atoms with Crippen molar-refractivity contribution in [3.8, 4) is 5.69 Å². The van der Waals surface area contributed by atoms with Crippen LogP contribution in [0.3, 0.4) is 0 Å². The maximum atomic E-state index is 13.1. The van der Waals surface area contributed by atoms with Crippen molar-refractivity contribution in [2.24, 2.45) is 11.7 Å². The van der Waals surface area contributed by atoms with Crippen LogP contribution in [0.1, 0.15) is 42.9 Å². The van der Waals surface area contributed by atoms with Gasteiger partial charge in [0.2, 0.25) is 0 Å². The summed E-state index contributed by atoms with van der Waals surface area (Å²) in [7, 11) is -3.79. The second-order valence-corrected chi connectivity index (χ2v) is 10.7. The number of hydrogen-bond donors (Lipinski definition) is 3. The Morgan fingerprint density at radius 1 is 0.971 bits per heavy atom. The summed E-state index contributed by atoms with van der Waals surface area (Å²) in [5.74, 6) is -0.0127. The highest BCUT2D eigenvalue weighted by Gasteiger charge is 2.36. The van der Waals surface area contributed by atoms with Crippen molar-refractivity contribution in [3.63, 3.8) is 0 Å². The van der Waals surface area contributed by atoms with Crippen LogP contribution in [0.2, 0.25) is 0 Å². The van der Waals surface area contributed by atoms with Crippen LogP contribution in [0, 0.1) is 5.92 Å². The molecule has 0 amide bonds. The van der Waals surface area contributed by atoms with Crippen LogP contribution in [-0.4, -0.2) is 23.6 Å². The molecule has 1 aliphatic rings. The lowest BCUT2D eigenvalue weighted by atomic mass is 9.80. The number of halogens is 3. The Morgan fingerprint density at radius 3 is 2.29 bits per heavy atom. The van der Waals surface area contributed by atoms with Gasteiger partial charge in [0.15, 0.2) is 9.84 Å². The van der Waals surface area contributed by atoms with E-state index < -0.39 is 27.0 Å². The number of benzene rings is 2. The van der Waals surface area contributed by atoms with Gasteiger partial charge in [-0.05, 0) is 61.9 Å². The Balaban J connectivity index is 1.48. The van der Waals surface area contributed by atoms with E-state index in [1.54, 1.807) is 18.2 Å². The fraction of sp³-hybridized carbons (Fsp3) is 0.348. The molecule has 4 rings (SSSR count). The maximum Gasteiger partial charge on any atom is 0.416 e. The van der Waals surface area contributed by atoms with E-state index in [4.69, 9.17) is 17.2 Å². The van der Waals surface area contributed by atoms with Gasteiger partial charge in [0.25, 0.3) is 0 Å². The molecule has 34 heavy (non-hydrogen) atoms. The molecule has 2 aromatic carbocycles. The SMILES string of the molecule is Nc1ccccc1S(=O)(=O)C(N)C1CCC(c2cc(N)n(-c3cccc(C(F)(F)F)c3)n2)CC1. The Morgan fingerprint density at radius 2 is 1.65 bits per heavy atom.